The Hall–Kier alpha value is -0.630. The summed E-state index contributed by atoms with van der Waals surface area (Å²) < 4.78 is 5.17. The standard InChI is InChI=1S/C14H27N3O/c1-14(2,12-15)6-8-17(9-10-18-3)11-13-5-4-7-16-13/h13,16H,4-11H2,1-3H3. The monoisotopic (exact) mass is 253 g/mol. The van der Waals surface area contributed by atoms with Gasteiger partial charge in [0.2, 0.25) is 0 Å². The van der Waals surface area contributed by atoms with Gasteiger partial charge in [0.15, 0.2) is 0 Å². The van der Waals surface area contributed by atoms with E-state index in [9.17, 15) is 0 Å². The molecule has 1 unspecified atom stereocenters. The van der Waals surface area contributed by atoms with Crippen molar-refractivity contribution >= 4 is 0 Å². The zero-order valence-corrected chi connectivity index (χ0v) is 12.0. The Labute approximate surface area is 111 Å². The first-order valence-corrected chi connectivity index (χ1v) is 6.93. The second-order valence-corrected chi connectivity index (χ2v) is 5.83. The molecule has 1 rings (SSSR count). The highest BCUT2D eigenvalue weighted by Gasteiger charge is 2.21. The molecule has 104 valence electrons. The molecule has 18 heavy (non-hydrogen) atoms. The Bertz CT molecular complexity index is 267. The van der Waals surface area contributed by atoms with E-state index in [0.29, 0.717) is 6.04 Å². The first-order chi connectivity index (χ1) is 8.57. The largest absolute Gasteiger partial charge is 0.383 e. The molecule has 0 radical (unpaired) electrons. The highest BCUT2D eigenvalue weighted by molar-refractivity contribution is 4.92. The maximum Gasteiger partial charge on any atom is 0.0684 e. The van der Waals surface area contributed by atoms with Gasteiger partial charge in [0, 0.05) is 26.2 Å². The molecule has 1 fully saturated rings. The van der Waals surface area contributed by atoms with Crippen molar-refractivity contribution in [1.82, 2.24) is 10.2 Å². The molecule has 0 amide bonds. The van der Waals surface area contributed by atoms with Gasteiger partial charge in [-0.3, -0.25) is 4.90 Å². The number of nitriles is 1. The van der Waals surface area contributed by atoms with E-state index in [0.717, 1.165) is 39.2 Å². The minimum Gasteiger partial charge on any atom is -0.383 e. The summed E-state index contributed by atoms with van der Waals surface area (Å²) in [5.74, 6) is 0. The molecule has 0 aliphatic carbocycles. The highest BCUT2D eigenvalue weighted by Crippen LogP contribution is 2.19. The quantitative estimate of drug-likeness (QED) is 0.714. The van der Waals surface area contributed by atoms with Gasteiger partial charge in [0.25, 0.3) is 0 Å². The average molecular weight is 253 g/mol. The van der Waals surface area contributed by atoms with Gasteiger partial charge in [-0.25, -0.2) is 0 Å². The summed E-state index contributed by atoms with van der Waals surface area (Å²) in [5.41, 5.74) is -0.228. The minimum absolute atomic E-state index is 0.228. The molecule has 1 aliphatic heterocycles. The van der Waals surface area contributed by atoms with E-state index in [-0.39, 0.29) is 5.41 Å². The predicted octanol–water partition coefficient (Wildman–Crippen LogP) is 1.63. The van der Waals surface area contributed by atoms with Crippen molar-refractivity contribution in [3.05, 3.63) is 0 Å². The maximum absolute atomic E-state index is 9.06. The average Bonchev–Trinajstić information content (AvgIpc) is 2.85. The van der Waals surface area contributed by atoms with Crippen LogP contribution in [0.15, 0.2) is 0 Å². The Morgan fingerprint density at radius 2 is 2.22 bits per heavy atom. The van der Waals surface area contributed by atoms with Crippen LogP contribution < -0.4 is 5.32 Å². The number of methoxy groups -OCH3 is 1. The molecule has 0 saturated carbocycles. The fourth-order valence-electron chi connectivity index (χ4n) is 2.23. The van der Waals surface area contributed by atoms with Crippen LogP contribution in [0.2, 0.25) is 0 Å². The lowest BCUT2D eigenvalue weighted by atomic mass is 9.91. The van der Waals surface area contributed by atoms with Gasteiger partial charge in [-0.1, -0.05) is 0 Å². The van der Waals surface area contributed by atoms with Crippen LogP contribution in [0.1, 0.15) is 33.1 Å². The maximum atomic E-state index is 9.06. The van der Waals surface area contributed by atoms with Crippen LogP contribution in [0.3, 0.4) is 0 Å². The van der Waals surface area contributed by atoms with Crippen molar-refractivity contribution in [3.63, 3.8) is 0 Å². The minimum atomic E-state index is -0.228. The van der Waals surface area contributed by atoms with Crippen molar-refractivity contribution in [3.8, 4) is 6.07 Å². The van der Waals surface area contributed by atoms with Gasteiger partial charge in [-0.2, -0.15) is 5.26 Å². The molecule has 1 heterocycles. The van der Waals surface area contributed by atoms with E-state index in [4.69, 9.17) is 10.00 Å². The summed E-state index contributed by atoms with van der Waals surface area (Å²) in [6, 6.07) is 2.99. The third-order valence-corrected chi connectivity index (χ3v) is 3.61. The summed E-state index contributed by atoms with van der Waals surface area (Å²) in [5, 5.41) is 12.6. The van der Waals surface area contributed by atoms with Crippen LogP contribution in [0.25, 0.3) is 0 Å². The summed E-state index contributed by atoms with van der Waals surface area (Å²) in [6.45, 7) is 8.93. The molecule has 0 aromatic carbocycles. The van der Waals surface area contributed by atoms with E-state index in [1.165, 1.54) is 12.8 Å². The molecule has 4 heteroatoms. The van der Waals surface area contributed by atoms with E-state index < -0.39 is 0 Å². The molecule has 4 nitrogen and oxygen atoms in total. The normalized spacial score (nSPS) is 20.3. The topological polar surface area (TPSA) is 48.3 Å². The number of nitrogens with one attached hydrogen (secondary N) is 1. The first kappa shape index (κ1) is 15.4. The first-order valence-electron chi connectivity index (χ1n) is 6.93. The van der Waals surface area contributed by atoms with Crippen LogP contribution >= 0.6 is 0 Å². The van der Waals surface area contributed by atoms with Gasteiger partial charge >= 0.3 is 0 Å². The van der Waals surface area contributed by atoms with Crippen LogP contribution in [0.4, 0.5) is 0 Å². The summed E-state index contributed by atoms with van der Waals surface area (Å²) in [6.07, 6.45) is 3.47. The van der Waals surface area contributed by atoms with Gasteiger partial charge in [-0.15, -0.1) is 0 Å². The Kier molecular flexibility index (Phi) is 6.62. The summed E-state index contributed by atoms with van der Waals surface area (Å²) in [4.78, 5) is 2.42. The highest BCUT2D eigenvalue weighted by atomic mass is 16.5. The molecule has 0 aromatic heterocycles. The fraction of sp³-hybridized carbons (Fsp3) is 0.929. The lowest BCUT2D eigenvalue weighted by Gasteiger charge is -2.27. The Morgan fingerprint density at radius 3 is 2.78 bits per heavy atom. The third-order valence-electron chi connectivity index (χ3n) is 3.61. The number of ether oxygens (including phenoxy) is 1. The lowest BCUT2D eigenvalue weighted by molar-refractivity contribution is 0.135. The van der Waals surface area contributed by atoms with Gasteiger partial charge in [0.1, 0.15) is 0 Å². The molecular weight excluding hydrogens is 226 g/mol. The second-order valence-electron chi connectivity index (χ2n) is 5.83. The molecule has 1 aliphatic rings. The van der Waals surface area contributed by atoms with Gasteiger partial charge in [-0.05, 0) is 46.2 Å². The molecule has 0 spiro atoms. The summed E-state index contributed by atoms with van der Waals surface area (Å²) >= 11 is 0. The molecule has 1 N–H and O–H groups in total. The predicted molar refractivity (Wildman–Crippen MR) is 73.4 cm³/mol. The van der Waals surface area contributed by atoms with E-state index in [1.54, 1.807) is 7.11 Å². The number of nitrogens with zero attached hydrogens (tertiary/aromatic N) is 2. The Morgan fingerprint density at radius 1 is 1.44 bits per heavy atom. The van der Waals surface area contributed by atoms with E-state index in [2.05, 4.69) is 16.3 Å². The molecule has 1 saturated heterocycles. The van der Waals surface area contributed by atoms with Gasteiger partial charge < -0.3 is 10.1 Å². The molecule has 0 bridgehead atoms. The van der Waals surface area contributed by atoms with Crippen molar-refractivity contribution in [1.29, 1.82) is 5.26 Å². The fourth-order valence-corrected chi connectivity index (χ4v) is 2.23. The Balaban J connectivity index is 2.37. The molecular formula is C14H27N3O. The smallest absolute Gasteiger partial charge is 0.0684 e. The van der Waals surface area contributed by atoms with Crippen molar-refractivity contribution < 1.29 is 4.74 Å². The molecule has 0 aromatic rings. The van der Waals surface area contributed by atoms with Crippen molar-refractivity contribution in [2.75, 3.05) is 39.9 Å². The summed E-state index contributed by atoms with van der Waals surface area (Å²) in [7, 11) is 1.74. The number of hydrogen-bond acceptors (Lipinski definition) is 4. The van der Waals surface area contributed by atoms with E-state index >= 15 is 0 Å². The number of rotatable bonds is 8. The van der Waals surface area contributed by atoms with Crippen LogP contribution in [-0.2, 0) is 4.74 Å². The second kappa shape index (κ2) is 7.73. The number of hydrogen-bond donors (Lipinski definition) is 1. The third kappa shape index (κ3) is 5.81. The van der Waals surface area contributed by atoms with Crippen LogP contribution in [-0.4, -0.2) is 50.8 Å². The van der Waals surface area contributed by atoms with Crippen LogP contribution in [0, 0.1) is 16.7 Å². The van der Waals surface area contributed by atoms with Crippen molar-refractivity contribution in [2.45, 2.75) is 39.2 Å². The van der Waals surface area contributed by atoms with Crippen LogP contribution in [0.5, 0.6) is 0 Å². The zero-order valence-electron chi connectivity index (χ0n) is 12.0. The van der Waals surface area contributed by atoms with Gasteiger partial charge in [0.05, 0.1) is 18.1 Å². The van der Waals surface area contributed by atoms with E-state index in [1.807, 2.05) is 13.8 Å². The lowest BCUT2D eigenvalue weighted by Crippen LogP contribution is -2.40. The molecule has 1 atom stereocenters. The zero-order chi connectivity index (χ0) is 13.4. The SMILES string of the molecule is COCCN(CCC(C)(C)C#N)CC1CCCN1. The van der Waals surface area contributed by atoms with Crippen molar-refractivity contribution in [2.24, 2.45) is 5.41 Å².